The molecule has 4 nitrogen and oxygen atoms in total. The van der Waals surface area contributed by atoms with E-state index in [1.54, 1.807) is 0 Å². The molecule has 0 heterocycles. The highest BCUT2D eigenvalue weighted by Crippen LogP contribution is 1.66. The summed E-state index contributed by atoms with van der Waals surface area (Å²) in [6, 6.07) is 0. The van der Waals surface area contributed by atoms with Gasteiger partial charge < -0.3 is 11.5 Å². The molecule has 5 N–H and O–H groups in total. The maximum atomic E-state index is 7.63. The number of hydrogen-bond donors (Lipinski definition) is 3. The van der Waals surface area contributed by atoms with Crippen LogP contribution in [0.2, 0.25) is 0 Å². The Morgan fingerprint density at radius 3 is 2.33 bits per heavy atom. The third-order valence-corrected chi connectivity index (χ3v) is 0.368. The molecular weight excluding hydrogens is 84.0 g/mol. The molecule has 0 aromatic rings. The first-order valence-electron chi connectivity index (χ1n) is 1.57. The normalized spacial score (nSPS) is 14.5. The molecule has 0 radical (unpaired) electrons. The second-order valence-electron chi connectivity index (χ2n) is 0.880. The van der Waals surface area contributed by atoms with Crippen LogP contribution in [0.1, 0.15) is 0 Å². The molecule has 0 aliphatic rings. The van der Waals surface area contributed by atoms with E-state index in [-0.39, 0.29) is 6.54 Å². The minimum absolute atomic E-state index is 0.135. The van der Waals surface area contributed by atoms with Crippen molar-refractivity contribution >= 4 is 0 Å². The Morgan fingerprint density at radius 2 is 2.33 bits per heavy atom. The molecule has 0 amide bonds. The number of hydrogen-bond acceptors (Lipinski definition) is 4. The van der Waals surface area contributed by atoms with Crippen LogP contribution in [-0.4, -0.2) is 18.0 Å². The summed E-state index contributed by atoms with van der Waals surface area (Å²) in [4.78, 5) is 3.55. The van der Waals surface area contributed by atoms with Crippen LogP contribution in [0.5, 0.6) is 0 Å². The lowest BCUT2D eigenvalue weighted by atomic mass is 10.6. The van der Waals surface area contributed by atoms with Gasteiger partial charge >= 0.3 is 0 Å². The molecule has 0 aromatic heterocycles. The first-order chi connectivity index (χ1) is 2.81. The predicted molar refractivity (Wildman–Crippen MR) is 20.7 cm³/mol. The van der Waals surface area contributed by atoms with Crippen LogP contribution in [-0.2, 0) is 4.89 Å². The Morgan fingerprint density at radius 1 is 1.83 bits per heavy atom. The summed E-state index contributed by atoms with van der Waals surface area (Å²) in [6.07, 6.45) is -0.731. The molecule has 0 aromatic carbocycles. The van der Waals surface area contributed by atoms with Crippen LogP contribution >= 0.6 is 0 Å². The monoisotopic (exact) mass is 92.1 g/mol. The van der Waals surface area contributed by atoms with Gasteiger partial charge in [-0.15, -0.1) is 0 Å². The van der Waals surface area contributed by atoms with Crippen LogP contribution in [0, 0.1) is 0 Å². The maximum absolute atomic E-state index is 7.63. The van der Waals surface area contributed by atoms with E-state index in [0.717, 1.165) is 0 Å². The van der Waals surface area contributed by atoms with E-state index in [2.05, 4.69) is 4.89 Å². The lowest BCUT2D eigenvalue weighted by Crippen LogP contribution is -2.31. The SMILES string of the molecule is NCC(N)OO. The fraction of sp³-hybridized carbons (Fsp3) is 1.00. The second-order valence-corrected chi connectivity index (χ2v) is 0.880. The van der Waals surface area contributed by atoms with Gasteiger partial charge in [-0.1, -0.05) is 0 Å². The lowest BCUT2D eigenvalue weighted by Gasteiger charge is -1.98. The van der Waals surface area contributed by atoms with Gasteiger partial charge in [-0.25, -0.2) is 4.89 Å². The molecule has 38 valence electrons. The largest absolute Gasteiger partial charge is 0.327 e. The van der Waals surface area contributed by atoms with Crippen molar-refractivity contribution in [3.8, 4) is 0 Å². The first kappa shape index (κ1) is 5.84. The zero-order valence-corrected chi connectivity index (χ0v) is 3.29. The zero-order valence-electron chi connectivity index (χ0n) is 3.29. The Kier molecular flexibility index (Phi) is 2.97. The summed E-state index contributed by atoms with van der Waals surface area (Å²) in [5.41, 5.74) is 9.75. The van der Waals surface area contributed by atoms with E-state index < -0.39 is 6.23 Å². The van der Waals surface area contributed by atoms with Gasteiger partial charge in [-0.05, 0) is 0 Å². The summed E-state index contributed by atoms with van der Waals surface area (Å²) < 4.78 is 0. The summed E-state index contributed by atoms with van der Waals surface area (Å²) in [7, 11) is 0. The Balaban J connectivity index is 2.75. The Labute approximate surface area is 35.6 Å². The Bertz CT molecular complexity index is 28.7. The van der Waals surface area contributed by atoms with E-state index >= 15 is 0 Å². The van der Waals surface area contributed by atoms with Gasteiger partial charge in [-0.3, -0.25) is 5.26 Å². The van der Waals surface area contributed by atoms with Gasteiger partial charge in [0.2, 0.25) is 0 Å². The highest BCUT2D eigenvalue weighted by Gasteiger charge is 1.91. The van der Waals surface area contributed by atoms with E-state index in [1.807, 2.05) is 0 Å². The van der Waals surface area contributed by atoms with Crippen molar-refractivity contribution in [2.75, 3.05) is 6.54 Å². The van der Waals surface area contributed by atoms with Crippen molar-refractivity contribution in [2.24, 2.45) is 11.5 Å². The predicted octanol–water partition coefficient (Wildman–Crippen LogP) is -1.28. The van der Waals surface area contributed by atoms with Gasteiger partial charge in [0.15, 0.2) is 6.23 Å². The summed E-state index contributed by atoms with van der Waals surface area (Å²) in [5.74, 6) is 0. The highest BCUT2D eigenvalue weighted by molar-refractivity contribution is 4.39. The fourth-order valence-corrected chi connectivity index (χ4v) is 0.0430. The molecule has 1 atom stereocenters. The van der Waals surface area contributed by atoms with Crippen molar-refractivity contribution in [3.05, 3.63) is 0 Å². The summed E-state index contributed by atoms with van der Waals surface area (Å²) in [5, 5.41) is 7.63. The van der Waals surface area contributed by atoms with E-state index in [9.17, 15) is 0 Å². The molecule has 0 spiro atoms. The molecule has 0 saturated carbocycles. The third-order valence-electron chi connectivity index (χ3n) is 0.368. The van der Waals surface area contributed by atoms with E-state index in [1.165, 1.54) is 0 Å². The van der Waals surface area contributed by atoms with Gasteiger partial charge in [0.05, 0.1) is 0 Å². The number of rotatable bonds is 2. The van der Waals surface area contributed by atoms with Gasteiger partial charge in [-0.2, -0.15) is 0 Å². The van der Waals surface area contributed by atoms with Crippen molar-refractivity contribution in [3.63, 3.8) is 0 Å². The molecule has 0 fully saturated rings. The topological polar surface area (TPSA) is 81.5 Å². The van der Waals surface area contributed by atoms with Gasteiger partial charge in [0.25, 0.3) is 0 Å². The van der Waals surface area contributed by atoms with E-state index in [4.69, 9.17) is 16.7 Å². The first-order valence-corrected chi connectivity index (χ1v) is 1.57. The fourth-order valence-electron chi connectivity index (χ4n) is 0.0430. The van der Waals surface area contributed by atoms with Crippen molar-refractivity contribution in [1.82, 2.24) is 0 Å². The average molecular weight is 92.1 g/mol. The quantitative estimate of drug-likeness (QED) is 0.225. The van der Waals surface area contributed by atoms with Crippen molar-refractivity contribution in [2.45, 2.75) is 6.23 Å². The van der Waals surface area contributed by atoms with Gasteiger partial charge in [0.1, 0.15) is 0 Å². The number of nitrogens with two attached hydrogens (primary N) is 2. The molecule has 6 heavy (non-hydrogen) atoms. The summed E-state index contributed by atoms with van der Waals surface area (Å²) >= 11 is 0. The third kappa shape index (κ3) is 2.10. The molecule has 1 unspecified atom stereocenters. The molecule has 4 heteroatoms. The maximum Gasteiger partial charge on any atom is 0.153 e. The van der Waals surface area contributed by atoms with Crippen LogP contribution in [0.4, 0.5) is 0 Å². The van der Waals surface area contributed by atoms with Crippen LogP contribution in [0.25, 0.3) is 0 Å². The standard InChI is InChI=1S/C2H8N2O2/c3-1-2(4)6-5/h2,5H,1,3-4H2. The lowest BCUT2D eigenvalue weighted by molar-refractivity contribution is -0.274. The minimum Gasteiger partial charge on any atom is -0.327 e. The van der Waals surface area contributed by atoms with Crippen molar-refractivity contribution < 1.29 is 10.1 Å². The molecule has 0 bridgehead atoms. The Hall–Kier alpha value is -0.160. The second kappa shape index (κ2) is 3.05. The molecule has 0 rings (SSSR count). The van der Waals surface area contributed by atoms with Crippen LogP contribution in [0.15, 0.2) is 0 Å². The van der Waals surface area contributed by atoms with E-state index in [0.29, 0.717) is 0 Å². The minimum atomic E-state index is -0.731. The molecule has 0 aliphatic heterocycles. The molecule has 0 saturated heterocycles. The van der Waals surface area contributed by atoms with Gasteiger partial charge in [0, 0.05) is 6.54 Å². The highest BCUT2D eigenvalue weighted by atomic mass is 17.1. The van der Waals surface area contributed by atoms with Crippen molar-refractivity contribution in [1.29, 1.82) is 0 Å². The van der Waals surface area contributed by atoms with Crippen LogP contribution in [0.3, 0.4) is 0 Å². The smallest absolute Gasteiger partial charge is 0.153 e. The zero-order chi connectivity index (χ0) is 4.99. The average Bonchev–Trinajstić information content (AvgIpc) is 1.65. The molecular formula is C2H8N2O2. The molecule has 0 aliphatic carbocycles. The van der Waals surface area contributed by atoms with Crippen LogP contribution < -0.4 is 11.5 Å². The summed E-state index contributed by atoms with van der Waals surface area (Å²) in [6.45, 7) is 0.135.